The molecule has 0 amide bonds. The number of nitro groups is 1. The lowest BCUT2D eigenvalue weighted by atomic mass is 10.0. The summed E-state index contributed by atoms with van der Waals surface area (Å²) in [7, 11) is 0. The van der Waals surface area contributed by atoms with Crippen LogP contribution < -0.4 is 5.43 Å². The molecule has 0 spiro atoms. The predicted molar refractivity (Wildman–Crippen MR) is 86.9 cm³/mol. The third kappa shape index (κ3) is 2.50. The second-order valence-corrected chi connectivity index (χ2v) is 5.37. The zero-order valence-electron chi connectivity index (χ0n) is 12.6. The van der Waals surface area contributed by atoms with E-state index in [2.05, 4.69) is 0 Å². The van der Waals surface area contributed by atoms with Crippen LogP contribution in [0.15, 0.2) is 45.8 Å². The summed E-state index contributed by atoms with van der Waals surface area (Å²) in [5.41, 5.74) is 1.32. The van der Waals surface area contributed by atoms with E-state index in [1.807, 2.05) is 0 Å². The Morgan fingerprint density at radius 2 is 2.00 bits per heavy atom. The lowest BCUT2D eigenvalue weighted by Gasteiger charge is -2.07. The Labute approximate surface area is 135 Å². The van der Waals surface area contributed by atoms with Gasteiger partial charge < -0.3 is 14.6 Å². The van der Waals surface area contributed by atoms with E-state index in [1.165, 1.54) is 12.3 Å². The predicted octanol–water partition coefficient (Wildman–Crippen LogP) is 2.87. The summed E-state index contributed by atoms with van der Waals surface area (Å²) >= 11 is 0. The summed E-state index contributed by atoms with van der Waals surface area (Å²) in [6.07, 6.45) is 1.22. The number of aromatic hydroxyl groups is 1. The molecule has 3 aromatic rings. The highest BCUT2D eigenvalue weighted by atomic mass is 16.6. The number of fused-ring (bicyclic) bond motifs is 1. The van der Waals surface area contributed by atoms with Crippen molar-refractivity contribution in [1.82, 2.24) is 0 Å². The van der Waals surface area contributed by atoms with Gasteiger partial charge >= 0.3 is 5.69 Å². The highest BCUT2D eigenvalue weighted by molar-refractivity contribution is 5.83. The largest absolute Gasteiger partial charge is 0.502 e. The molecule has 7 heteroatoms. The number of aryl methyl sites for hydroxylation is 1. The molecule has 3 rings (SSSR count). The van der Waals surface area contributed by atoms with Crippen molar-refractivity contribution in [2.45, 2.75) is 13.5 Å². The van der Waals surface area contributed by atoms with Gasteiger partial charge in [0.1, 0.15) is 11.8 Å². The molecule has 0 radical (unpaired) electrons. The molecule has 122 valence electrons. The number of aliphatic hydroxyl groups excluding tert-OH is 1. The van der Waals surface area contributed by atoms with Crippen molar-refractivity contribution in [1.29, 1.82) is 0 Å². The highest BCUT2D eigenvalue weighted by Crippen LogP contribution is 2.31. The fourth-order valence-electron chi connectivity index (χ4n) is 2.53. The molecule has 0 saturated carbocycles. The van der Waals surface area contributed by atoms with Gasteiger partial charge in [-0.1, -0.05) is 0 Å². The second-order valence-electron chi connectivity index (χ2n) is 5.37. The fourth-order valence-corrected chi connectivity index (χ4v) is 2.53. The topological polar surface area (TPSA) is 114 Å². The smallest absolute Gasteiger partial charge is 0.311 e. The molecule has 1 heterocycles. The first-order valence-corrected chi connectivity index (χ1v) is 7.06. The Hall–Kier alpha value is -3.19. The van der Waals surface area contributed by atoms with Gasteiger partial charge in [-0.15, -0.1) is 0 Å². The van der Waals surface area contributed by atoms with Crippen molar-refractivity contribution in [2.75, 3.05) is 0 Å². The first-order valence-electron chi connectivity index (χ1n) is 7.06. The summed E-state index contributed by atoms with van der Waals surface area (Å²) in [5.74, 6) is -0.475. The Balaban J connectivity index is 2.25. The van der Waals surface area contributed by atoms with Gasteiger partial charge in [-0.2, -0.15) is 0 Å². The van der Waals surface area contributed by atoms with Gasteiger partial charge in [-0.3, -0.25) is 14.9 Å². The van der Waals surface area contributed by atoms with Crippen LogP contribution in [0.4, 0.5) is 5.69 Å². The van der Waals surface area contributed by atoms with Crippen molar-refractivity contribution >= 4 is 16.7 Å². The van der Waals surface area contributed by atoms with E-state index in [1.54, 1.807) is 19.1 Å². The monoisotopic (exact) mass is 327 g/mol. The third-order valence-electron chi connectivity index (χ3n) is 3.88. The van der Waals surface area contributed by atoms with E-state index in [4.69, 9.17) is 4.42 Å². The molecule has 0 aliphatic heterocycles. The summed E-state index contributed by atoms with van der Waals surface area (Å²) < 4.78 is 5.46. The fraction of sp³-hybridized carbons (Fsp3) is 0.118. The van der Waals surface area contributed by atoms with E-state index in [9.17, 15) is 25.1 Å². The number of phenols is 1. The lowest BCUT2D eigenvalue weighted by molar-refractivity contribution is -0.385. The van der Waals surface area contributed by atoms with E-state index < -0.39 is 16.4 Å². The van der Waals surface area contributed by atoms with Gasteiger partial charge in [0.25, 0.3) is 0 Å². The quantitative estimate of drug-likeness (QED) is 0.565. The molecule has 0 aliphatic rings. The number of nitro benzene ring substituents is 1. The average Bonchev–Trinajstić information content (AvgIpc) is 2.56. The molecule has 7 nitrogen and oxygen atoms in total. The maximum atomic E-state index is 12.7. The zero-order chi connectivity index (χ0) is 17.4. The van der Waals surface area contributed by atoms with E-state index in [-0.39, 0.29) is 23.2 Å². The van der Waals surface area contributed by atoms with Crippen LogP contribution in [0.1, 0.15) is 11.1 Å². The standard InChI is InChI=1S/C17H13NO6/c1-9-4-12-16(6-11(9)7-19)24-8-13(17(12)21)10-2-3-15(20)14(5-10)18(22)23/h2-6,8,19-20H,7H2,1H3. The Morgan fingerprint density at radius 1 is 1.25 bits per heavy atom. The van der Waals surface area contributed by atoms with Gasteiger partial charge in [0.2, 0.25) is 5.43 Å². The van der Waals surface area contributed by atoms with Gasteiger partial charge in [-0.05, 0) is 47.9 Å². The molecule has 2 N–H and O–H groups in total. The highest BCUT2D eigenvalue weighted by Gasteiger charge is 2.17. The van der Waals surface area contributed by atoms with Crippen LogP contribution in [0.5, 0.6) is 5.75 Å². The minimum Gasteiger partial charge on any atom is -0.502 e. The summed E-state index contributed by atoms with van der Waals surface area (Å²) in [6, 6.07) is 6.91. The third-order valence-corrected chi connectivity index (χ3v) is 3.88. The summed E-state index contributed by atoms with van der Waals surface area (Å²) in [4.78, 5) is 22.9. The van der Waals surface area contributed by atoms with Crippen LogP contribution in [-0.2, 0) is 6.61 Å². The van der Waals surface area contributed by atoms with Crippen LogP contribution in [0.3, 0.4) is 0 Å². The van der Waals surface area contributed by atoms with E-state index >= 15 is 0 Å². The van der Waals surface area contributed by atoms with Gasteiger partial charge in [0, 0.05) is 6.07 Å². The maximum absolute atomic E-state index is 12.7. The number of nitrogens with zero attached hydrogens (tertiary/aromatic N) is 1. The van der Waals surface area contributed by atoms with Gasteiger partial charge in [-0.25, -0.2) is 0 Å². The maximum Gasteiger partial charge on any atom is 0.311 e. The van der Waals surface area contributed by atoms with Crippen molar-refractivity contribution < 1.29 is 19.6 Å². The molecule has 1 aromatic heterocycles. The molecule has 0 saturated heterocycles. The first kappa shape index (κ1) is 15.7. The Bertz CT molecular complexity index is 1020. The molecule has 0 atom stereocenters. The molecule has 24 heavy (non-hydrogen) atoms. The van der Waals surface area contributed by atoms with Crippen LogP contribution in [0.2, 0.25) is 0 Å². The van der Waals surface area contributed by atoms with Crippen LogP contribution >= 0.6 is 0 Å². The number of phenolic OH excluding ortho intramolecular Hbond substituents is 1. The van der Waals surface area contributed by atoms with Gasteiger partial charge in [0.05, 0.1) is 22.5 Å². The average molecular weight is 327 g/mol. The van der Waals surface area contributed by atoms with Crippen LogP contribution in [0.25, 0.3) is 22.1 Å². The molecular formula is C17H13NO6. The van der Waals surface area contributed by atoms with Crippen molar-refractivity contribution in [3.05, 3.63) is 68.1 Å². The molecule has 2 aromatic carbocycles. The summed E-state index contributed by atoms with van der Waals surface area (Å²) in [5, 5.41) is 30.1. The van der Waals surface area contributed by atoms with E-state index in [0.717, 1.165) is 17.7 Å². The Kier molecular flexibility index (Phi) is 3.78. The van der Waals surface area contributed by atoms with E-state index in [0.29, 0.717) is 16.5 Å². The SMILES string of the molecule is Cc1cc2c(=O)c(-c3ccc(O)c([N+](=O)[O-])c3)coc2cc1CO. The molecule has 0 fully saturated rings. The number of hydrogen-bond acceptors (Lipinski definition) is 6. The minimum atomic E-state index is -0.723. The van der Waals surface area contributed by atoms with Crippen molar-refractivity contribution in [3.63, 3.8) is 0 Å². The minimum absolute atomic E-state index is 0.154. The van der Waals surface area contributed by atoms with Gasteiger partial charge in [0.15, 0.2) is 5.75 Å². The normalized spacial score (nSPS) is 10.9. The number of benzene rings is 2. The molecule has 0 aliphatic carbocycles. The number of aliphatic hydroxyl groups is 1. The van der Waals surface area contributed by atoms with Crippen molar-refractivity contribution in [2.24, 2.45) is 0 Å². The number of rotatable bonds is 3. The second kappa shape index (κ2) is 5.78. The molecule has 0 bridgehead atoms. The summed E-state index contributed by atoms with van der Waals surface area (Å²) in [6.45, 7) is 1.60. The van der Waals surface area contributed by atoms with Crippen LogP contribution in [0, 0.1) is 17.0 Å². The van der Waals surface area contributed by atoms with Crippen molar-refractivity contribution in [3.8, 4) is 16.9 Å². The zero-order valence-corrected chi connectivity index (χ0v) is 12.6. The molecular weight excluding hydrogens is 314 g/mol. The number of hydrogen-bond donors (Lipinski definition) is 2. The Morgan fingerprint density at radius 3 is 2.67 bits per heavy atom. The lowest BCUT2D eigenvalue weighted by Crippen LogP contribution is -2.06. The molecule has 0 unspecified atom stereocenters. The van der Waals surface area contributed by atoms with Crippen LogP contribution in [-0.4, -0.2) is 15.1 Å². The first-order chi connectivity index (χ1) is 11.4.